The molecule has 0 spiro atoms. The number of hydrogen-bond acceptors (Lipinski definition) is 2. The van der Waals surface area contributed by atoms with Crippen LogP contribution >= 0.6 is 0 Å². The summed E-state index contributed by atoms with van der Waals surface area (Å²) in [5.74, 6) is -0.487. The van der Waals surface area contributed by atoms with Gasteiger partial charge in [0.1, 0.15) is 6.54 Å². The highest BCUT2D eigenvalue weighted by Crippen LogP contribution is 2.16. The van der Waals surface area contributed by atoms with E-state index in [1.165, 1.54) is 0 Å². The zero-order valence-corrected chi connectivity index (χ0v) is 8.32. The van der Waals surface area contributed by atoms with E-state index >= 15 is 0 Å². The Hall–Kier alpha value is -0.780. The molecule has 3 nitrogen and oxygen atoms in total. The number of halogens is 3. The first-order chi connectivity index (χ1) is 6.49. The van der Waals surface area contributed by atoms with Gasteiger partial charge in [0.25, 0.3) is 0 Å². The third kappa shape index (κ3) is 5.06. The van der Waals surface area contributed by atoms with E-state index in [1.807, 2.05) is 13.8 Å². The van der Waals surface area contributed by atoms with Gasteiger partial charge >= 0.3 is 6.18 Å². The van der Waals surface area contributed by atoms with Gasteiger partial charge < -0.3 is 10.2 Å². The van der Waals surface area contributed by atoms with E-state index < -0.39 is 18.6 Å². The Balaban J connectivity index is 0.000000791. The molecule has 0 aliphatic carbocycles. The van der Waals surface area contributed by atoms with Crippen molar-refractivity contribution >= 4 is 5.91 Å². The van der Waals surface area contributed by atoms with Crippen molar-refractivity contribution in [3.63, 3.8) is 0 Å². The minimum Gasteiger partial charge on any atom is -0.331 e. The van der Waals surface area contributed by atoms with Crippen LogP contribution in [0.25, 0.3) is 0 Å². The normalized spacial score (nSPS) is 17.5. The van der Waals surface area contributed by atoms with Gasteiger partial charge in [-0.15, -0.1) is 0 Å². The number of rotatable bonds is 1. The van der Waals surface area contributed by atoms with Crippen molar-refractivity contribution in [2.75, 3.05) is 26.2 Å². The summed E-state index contributed by atoms with van der Waals surface area (Å²) in [7, 11) is 0. The molecular formula is C8H15F3N2O. The molecule has 0 aromatic rings. The zero-order chi connectivity index (χ0) is 11.2. The van der Waals surface area contributed by atoms with Gasteiger partial charge in [-0.25, -0.2) is 0 Å². The predicted molar refractivity (Wildman–Crippen MR) is 46.9 cm³/mol. The SMILES string of the molecule is CC.O=C1CNCCN1CC(F)(F)F. The summed E-state index contributed by atoms with van der Waals surface area (Å²) in [5, 5.41) is 2.69. The van der Waals surface area contributed by atoms with Crippen LogP contribution in [-0.4, -0.2) is 43.2 Å². The van der Waals surface area contributed by atoms with E-state index in [4.69, 9.17) is 0 Å². The van der Waals surface area contributed by atoms with Crippen LogP contribution in [-0.2, 0) is 4.79 Å². The van der Waals surface area contributed by atoms with Gasteiger partial charge in [0.2, 0.25) is 5.91 Å². The molecule has 14 heavy (non-hydrogen) atoms. The lowest BCUT2D eigenvalue weighted by molar-refractivity contribution is -0.162. The summed E-state index contributed by atoms with van der Waals surface area (Å²) in [6, 6.07) is 0. The van der Waals surface area contributed by atoms with E-state index in [9.17, 15) is 18.0 Å². The Bertz CT molecular complexity index is 182. The first-order valence-corrected chi connectivity index (χ1v) is 4.54. The molecular weight excluding hydrogens is 197 g/mol. The van der Waals surface area contributed by atoms with Gasteiger partial charge in [0.05, 0.1) is 6.54 Å². The Morgan fingerprint density at radius 2 is 2.00 bits per heavy atom. The summed E-state index contributed by atoms with van der Waals surface area (Å²) in [4.78, 5) is 11.7. The fourth-order valence-corrected chi connectivity index (χ4v) is 1.03. The Labute approximate surface area is 81.3 Å². The van der Waals surface area contributed by atoms with Crippen LogP contribution in [0.3, 0.4) is 0 Å². The number of nitrogens with one attached hydrogen (secondary N) is 1. The minimum atomic E-state index is -4.28. The molecule has 0 aromatic carbocycles. The highest BCUT2D eigenvalue weighted by atomic mass is 19.4. The topological polar surface area (TPSA) is 32.3 Å². The highest BCUT2D eigenvalue weighted by molar-refractivity contribution is 5.79. The Morgan fingerprint density at radius 3 is 2.43 bits per heavy atom. The standard InChI is InChI=1S/C6H9F3N2O.C2H6/c7-6(8,9)4-11-2-1-10-3-5(11)12;1-2/h10H,1-4H2;1-2H3. The van der Waals surface area contributed by atoms with Crippen LogP contribution in [0.1, 0.15) is 13.8 Å². The van der Waals surface area contributed by atoms with E-state index in [0.29, 0.717) is 6.54 Å². The molecule has 1 aliphatic rings. The van der Waals surface area contributed by atoms with Crippen molar-refractivity contribution < 1.29 is 18.0 Å². The first kappa shape index (κ1) is 13.2. The fraction of sp³-hybridized carbons (Fsp3) is 0.875. The lowest BCUT2D eigenvalue weighted by Gasteiger charge is -2.27. The first-order valence-electron chi connectivity index (χ1n) is 4.54. The second-order valence-corrected chi connectivity index (χ2v) is 2.61. The van der Waals surface area contributed by atoms with Gasteiger partial charge in [-0.05, 0) is 0 Å². The maximum atomic E-state index is 11.8. The summed E-state index contributed by atoms with van der Waals surface area (Å²) in [6.07, 6.45) is -4.28. The largest absolute Gasteiger partial charge is 0.406 e. The van der Waals surface area contributed by atoms with Gasteiger partial charge in [0.15, 0.2) is 0 Å². The molecule has 0 radical (unpaired) electrons. The predicted octanol–water partition coefficient (Wildman–Crippen LogP) is 1.01. The van der Waals surface area contributed by atoms with Crippen molar-refractivity contribution in [2.45, 2.75) is 20.0 Å². The molecule has 0 aromatic heterocycles. The number of nitrogens with zero attached hydrogens (tertiary/aromatic N) is 1. The van der Waals surface area contributed by atoms with Crippen LogP contribution in [0.5, 0.6) is 0 Å². The van der Waals surface area contributed by atoms with Crippen molar-refractivity contribution in [2.24, 2.45) is 0 Å². The molecule has 1 aliphatic heterocycles. The third-order valence-corrected chi connectivity index (χ3v) is 1.56. The van der Waals surface area contributed by atoms with E-state index in [0.717, 1.165) is 4.90 Å². The average molecular weight is 212 g/mol. The smallest absolute Gasteiger partial charge is 0.331 e. The third-order valence-electron chi connectivity index (χ3n) is 1.56. The highest BCUT2D eigenvalue weighted by Gasteiger charge is 2.33. The minimum absolute atomic E-state index is 0.01000. The van der Waals surface area contributed by atoms with Crippen LogP contribution in [0.2, 0.25) is 0 Å². The van der Waals surface area contributed by atoms with Crippen molar-refractivity contribution in [1.82, 2.24) is 10.2 Å². The second-order valence-electron chi connectivity index (χ2n) is 2.61. The van der Waals surface area contributed by atoms with Crippen molar-refractivity contribution in [3.8, 4) is 0 Å². The maximum absolute atomic E-state index is 11.8. The molecule has 1 fully saturated rings. The number of piperazine rings is 1. The van der Waals surface area contributed by atoms with Gasteiger partial charge in [-0.1, -0.05) is 13.8 Å². The van der Waals surface area contributed by atoms with Crippen LogP contribution in [0.15, 0.2) is 0 Å². The molecule has 1 saturated heterocycles. The van der Waals surface area contributed by atoms with Gasteiger partial charge in [0, 0.05) is 13.1 Å². The molecule has 6 heteroatoms. The zero-order valence-electron chi connectivity index (χ0n) is 8.32. The number of carbonyl (C=O) groups is 1. The summed E-state index contributed by atoms with van der Waals surface area (Å²) in [6.45, 7) is 3.45. The lowest BCUT2D eigenvalue weighted by atomic mass is 10.3. The molecule has 84 valence electrons. The summed E-state index contributed by atoms with van der Waals surface area (Å²) < 4.78 is 35.4. The second kappa shape index (κ2) is 5.85. The van der Waals surface area contributed by atoms with Crippen LogP contribution in [0, 0.1) is 0 Å². The molecule has 0 atom stereocenters. The maximum Gasteiger partial charge on any atom is 0.406 e. The number of hydrogen-bond donors (Lipinski definition) is 1. The Morgan fingerprint density at radius 1 is 1.43 bits per heavy atom. The molecule has 1 amide bonds. The van der Waals surface area contributed by atoms with E-state index in [2.05, 4.69) is 5.32 Å². The van der Waals surface area contributed by atoms with E-state index in [-0.39, 0.29) is 13.1 Å². The monoisotopic (exact) mass is 212 g/mol. The number of amides is 1. The van der Waals surface area contributed by atoms with Gasteiger partial charge in [-0.3, -0.25) is 4.79 Å². The quantitative estimate of drug-likeness (QED) is 0.703. The summed E-state index contributed by atoms with van der Waals surface area (Å²) >= 11 is 0. The molecule has 0 saturated carbocycles. The summed E-state index contributed by atoms with van der Waals surface area (Å²) in [5.41, 5.74) is 0. The lowest BCUT2D eigenvalue weighted by Crippen LogP contribution is -2.51. The molecule has 0 unspecified atom stereocenters. The van der Waals surface area contributed by atoms with Gasteiger partial charge in [-0.2, -0.15) is 13.2 Å². The van der Waals surface area contributed by atoms with E-state index in [1.54, 1.807) is 0 Å². The van der Waals surface area contributed by atoms with Crippen molar-refractivity contribution in [1.29, 1.82) is 0 Å². The average Bonchev–Trinajstić information content (AvgIpc) is 2.10. The Kier molecular flexibility index (Phi) is 5.52. The number of carbonyl (C=O) groups excluding carboxylic acids is 1. The molecule has 1 rings (SSSR count). The number of alkyl halides is 3. The fourth-order valence-electron chi connectivity index (χ4n) is 1.03. The van der Waals surface area contributed by atoms with Crippen LogP contribution in [0.4, 0.5) is 13.2 Å². The van der Waals surface area contributed by atoms with Crippen molar-refractivity contribution in [3.05, 3.63) is 0 Å². The van der Waals surface area contributed by atoms with Crippen LogP contribution < -0.4 is 5.32 Å². The molecule has 1 N–H and O–H groups in total. The molecule has 1 heterocycles. The molecule has 0 bridgehead atoms.